The highest BCUT2D eigenvalue weighted by Gasteiger charge is 2.20. The average molecular weight is 288 g/mol. The summed E-state index contributed by atoms with van der Waals surface area (Å²) in [5.41, 5.74) is 1.48. The van der Waals surface area contributed by atoms with Gasteiger partial charge in [0, 0.05) is 20.3 Å². The molecule has 0 saturated heterocycles. The van der Waals surface area contributed by atoms with E-state index in [1.54, 1.807) is 13.3 Å². The molecular weight excluding hydrogens is 276 g/mol. The van der Waals surface area contributed by atoms with E-state index >= 15 is 0 Å². The van der Waals surface area contributed by atoms with E-state index in [0.717, 1.165) is 27.1 Å². The van der Waals surface area contributed by atoms with Crippen LogP contribution in [0, 0.1) is 0 Å². The molecule has 0 radical (unpaired) electrons. The Hall–Kier alpha value is -2.22. The second-order valence-electron chi connectivity index (χ2n) is 4.21. The first-order valence-electron chi connectivity index (χ1n) is 5.84. The Morgan fingerprint density at radius 1 is 1.05 bits per heavy atom. The Morgan fingerprint density at radius 3 is 2.55 bits per heavy atom. The van der Waals surface area contributed by atoms with E-state index in [0.29, 0.717) is 5.88 Å². The lowest BCUT2D eigenvalue weighted by Crippen LogP contribution is -2.11. The topological polar surface area (TPSA) is 76.4 Å². The molecule has 0 N–H and O–H groups in total. The van der Waals surface area contributed by atoms with Gasteiger partial charge in [-0.1, -0.05) is 0 Å². The lowest BCUT2D eigenvalue weighted by molar-refractivity contribution is 0.394. The smallest absolute Gasteiger partial charge is 0.226 e. The molecule has 0 aromatic carbocycles. The van der Waals surface area contributed by atoms with Crippen molar-refractivity contribution in [2.24, 2.45) is 4.99 Å². The second-order valence-corrected chi connectivity index (χ2v) is 5.19. The average Bonchev–Trinajstić information content (AvgIpc) is 2.65. The van der Waals surface area contributed by atoms with Gasteiger partial charge in [-0.25, -0.2) is 24.9 Å². The monoisotopic (exact) mass is 288 g/mol. The summed E-state index contributed by atoms with van der Waals surface area (Å²) in [5.74, 6) is 1.26. The summed E-state index contributed by atoms with van der Waals surface area (Å²) in [7, 11) is 5.41. The quantitative estimate of drug-likeness (QED) is 0.662. The van der Waals surface area contributed by atoms with Gasteiger partial charge >= 0.3 is 0 Å². The minimum Gasteiger partial charge on any atom is -0.480 e. The minimum atomic E-state index is 0.499. The molecule has 0 spiro atoms. The molecule has 3 rings (SSSR count). The summed E-state index contributed by atoms with van der Waals surface area (Å²) in [6.07, 6.45) is 4.70. The summed E-state index contributed by atoms with van der Waals surface area (Å²) < 4.78 is 5.24. The molecule has 0 amide bonds. The number of fused-ring (bicyclic) bond motifs is 2. The van der Waals surface area contributed by atoms with Crippen molar-refractivity contribution >= 4 is 29.5 Å². The van der Waals surface area contributed by atoms with Gasteiger partial charge in [0.1, 0.15) is 28.4 Å². The maximum Gasteiger partial charge on any atom is 0.226 e. The Kier molecular flexibility index (Phi) is 3.23. The van der Waals surface area contributed by atoms with Crippen molar-refractivity contribution in [1.29, 1.82) is 0 Å². The fourth-order valence-corrected chi connectivity index (χ4v) is 2.68. The Bertz CT molecular complexity index is 688. The second kappa shape index (κ2) is 5.04. The molecule has 8 heteroatoms. The van der Waals surface area contributed by atoms with Crippen LogP contribution in [0.2, 0.25) is 0 Å². The first kappa shape index (κ1) is 12.8. The van der Waals surface area contributed by atoms with Crippen LogP contribution in [0.1, 0.15) is 5.56 Å². The summed E-state index contributed by atoms with van der Waals surface area (Å²) in [6.45, 7) is 0. The molecule has 0 atom stereocenters. The number of hydrogen-bond acceptors (Lipinski definition) is 8. The molecule has 1 aliphatic heterocycles. The van der Waals surface area contributed by atoms with Crippen LogP contribution in [-0.4, -0.2) is 47.4 Å². The normalized spacial score (nSPS) is 12.3. The number of rotatable bonds is 2. The third-order valence-corrected chi connectivity index (χ3v) is 3.72. The lowest BCUT2D eigenvalue weighted by atomic mass is 10.3. The number of nitrogens with zero attached hydrogens (tertiary/aromatic N) is 6. The van der Waals surface area contributed by atoms with Crippen LogP contribution < -0.4 is 9.64 Å². The van der Waals surface area contributed by atoms with Crippen molar-refractivity contribution in [3.05, 3.63) is 18.2 Å². The van der Waals surface area contributed by atoms with Crippen LogP contribution in [0.15, 0.2) is 27.7 Å². The third-order valence-electron chi connectivity index (χ3n) is 2.71. The minimum absolute atomic E-state index is 0.499. The first-order valence-corrected chi connectivity index (χ1v) is 6.65. The zero-order valence-electron chi connectivity index (χ0n) is 11.2. The maximum atomic E-state index is 5.24. The van der Waals surface area contributed by atoms with E-state index in [4.69, 9.17) is 4.74 Å². The molecule has 1 aliphatic rings. The van der Waals surface area contributed by atoms with Gasteiger partial charge in [0.25, 0.3) is 0 Å². The van der Waals surface area contributed by atoms with Gasteiger partial charge < -0.3 is 9.64 Å². The molecule has 0 bridgehead atoms. The fourth-order valence-electron chi connectivity index (χ4n) is 1.81. The van der Waals surface area contributed by atoms with Crippen LogP contribution in [0.4, 0.5) is 11.5 Å². The van der Waals surface area contributed by atoms with Crippen molar-refractivity contribution in [3.63, 3.8) is 0 Å². The summed E-state index contributed by atoms with van der Waals surface area (Å²) >= 11 is 1.43. The third kappa shape index (κ3) is 2.07. The van der Waals surface area contributed by atoms with E-state index < -0.39 is 0 Å². The molecule has 2 aromatic rings. The predicted molar refractivity (Wildman–Crippen MR) is 76.3 cm³/mol. The SMILES string of the molecule is COc1ncnc2c1C=Nc1c(ncnc1N(C)C)S2. The van der Waals surface area contributed by atoms with Crippen LogP contribution in [0.3, 0.4) is 0 Å². The zero-order chi connectivity index (χ0) is 14.1. The van der Waals surface area contributed by atoms with E-state index in [1.807, 2.05) is 19.0 Å². The van der Waals surface area contributed by atoms with Gasteiger partial charge in [-0.15, -0.1) is 0 Å². The largest absolute Gasteiger partial charge is 0.480 e. The number of anilines is 1. The van der Waals surface area contributed by atoms with Gasteiger partial charge in [0.2, 0.25) is 5.88 Å². The van der Waals surface area contributed by atoms with Crippen LogP contribution in [0.5, 0.6) is 5.88 Å². The Labute approximate surface area is 120 Å². The van der Waals surface area contributed by atoms with E-state index in [9.17, 15) is 0 Å². The molecule has 7 nitrogen and oxygen atoms in total. The van der Waals surface area contributed by atoms with E-state index in [2.05, 4.69) is 24.9 Å². The summed E-state index contributed by atoms with van der Waals surface area (Å²) in [4.78, 5) is 23.3. The highest BCUT2D eigenvalue weighted by Crippen LogP contribution is 2.41. The highest BCUT2D eigenvalue weighted by molar-refractivity contribution is 7.99. The molecule has 102 valence electrons. The molecule has 20 heavy (non-hydrogen) atoms. The number of hydrogen-bond donors (Lipinski definition) is 0. The van der Waals surface area contributed by atoms with Crippen molar-refractivity contribution < 1.29 is 4.74 Å². The van der Waals surface area contributed by atoms with Gasteiger partial charge in [-0.3, -0.25) is 0 Å². The van der Waals surface area contributed by atoms with Gasteiger partial charge in [-0.2, -0.15) is 0 Å². The van der Waals surface area contributed by atoms with Gasteiger partial charge in [0.15, 0.2) is 5.82 Å². The summed E-state index contributed by atoms with van der Waals surface area (Å²) in [6, 6.07) is 0. The van der Waals surface area contributed by atoms with Crippen LogP contribution in [0.25, 0.3) is 0 Å². The van der Waals surface area contributed by atoms with Gasteiger partial charge in [0.05, 0.1) is 12.7 Å². The van der Waals surface area contributed by atoms with Crippen molar-refractivity contribution in [2.45, 2.75) is 10.1 Å². The van der Waals surface area contributed by atoms with Crippen LogP contribution in [-0.2, 0) is 0 Å². The van der Waals surface area contributed by atoms with Crippen molar-refractivity contribution in [2.75, 3.05) is 26.1 Å². The van der Waals surface area contributed by atoms with Crippen molar-refractivity contribution in [3.8, 4) is 5.88 Å². The van der Waals surface area contributed by atoms with Crippen LogP contribution >= 0.6 is 11.8 Å². The molecule has 0 aliphatic carbocycles. The highest BCUT2D eigenvalue weighted by atomic mass is 32.2. The fraction of sp³-hybridized carbons (Fsp3) is 0.250. The standard InChI is InChI=1S/C12H12N6OS/c1-18(2)9-8-12(17-5-14-9)20-11-7(4-13-8)10(19-3)15-6-16-11/h4-6H,1-3H3. The number of methoxy groups -OCH3 is 1. The molecule has 2 aromatic heterocycles. The van der Waals surface area contributed by atoms with Gasteiger partial charge in [-0.05, 0) is 11.8 Å². The number of aromatic nitrogens is 4. The molecule has 0 unspecified atom stereocenters. The molecule has 0 fully saturated rings. The Morgan fingerprint density at radius 2 is 1.80 bits per heavy atom. The first-order chi connectivity index (χ1) is 9.70. The number of aliphatic imine (C=N–C) groups is 1. The van der Waals surface area contributed by atoms with E-state index in [1.165, 1.54) is 24.4 Å². The number of ether oxygens (including phenoxy) is 1. The van der Waals surface area contributed by atoms with E-state index in [-0.39, 0.29) is 0 Å². The molecule has 3 heterocycles. The summed E-state index contributed by atoms with van der Waals surface area (Å²) in [5, 5.41) is 1.53. The molecule has 0 saturated carbocycles. The predicted octanol–water partition coefficient (Wildman–Crippen LogP) is 1.56. The maximum absolute atomic E-state index is 5.24. The lowest BCUT2D eigenvalue weighted by Gasteiger charge is -2.14. The Balaban J connectivity index is 2.18. The zero-order valence-corrected chi connectivity index (χ0v) is 12.0. The molecular formula is C12H12N6OS. The van der Waals surface area contributed by atoms with Crippen molar-refractivity contribution in [1.82, 2.24) is 19.9 Å².